The molecule has 0 spiro atoms. The monoisotopic (exact) mass is 346 g/mol. The first-order valence-corrected chi connectivity index (χ1v) is 8.27. The number of aromatic nitrogens is 5. The lowest BCUT2D eigenvalue weighted by atomic mass is 10.1. The maximum absolute atomic E-state index is 12.5. The van der Waals surface area contributed by atoms with Crippen LogP contribution in [0.2, 0.25) is 0 Å². The van der Waals surface area contributed by atoms with Crippen molar-refractivity contribution in [2.45, 2.75) is 13.3 Å². The van der Waals surface area contributed by atoms with Gasteiger partial charge in [-0.3, -0.25) is 9.36 Å². The molecule has 1 aromatic carbocycles. The van der Waals surface area contributed by atoms with Gasteiger partial charge in [-0.05, 0) is 18.6 Å². The van der Waals surface area contributed by atoms with Gasteiger partial charge in [0.1, 0.15) is 23.8 Å². The topological polar surface area (TPSA) is 77.6 Å². The highest BCUT2D eigenvalue weighted by atomic mass is 16.1. The van der Waals surface area contributed by atoms with Gasteiger partial charge in [-0.1, -0.05) is 18.2 Å². The Morgan fingerprint density at radius 1 is 1.19 bits per heavy atom. The predicted octanol–water partition coefficient (Wildman–Crippen LogP) is 2.64. The molecule has 0 aliphatic rings. The normalized spacial score (nSPS) is 11.0. The molecule has 7 nitrogen and oxygen atoms in total. The number of carbonyl (C=O) groups is 1. The highest BCUT2D eigenvalue weighted by Crippen LogP contribution is 2.21. The van der Waals surface area contributed by atoms with Crippen LogP contribution in [0.5, 0.6) is 0 Å². The van der Waals surface area contributed by atoms with Crippen molar-refractivity contribution in [1.29, 1.82) is 0 Å². The average molecular weight is 346 g/mol. The van der Waals surface area contributed by atoms with Crippen LogP contribution in [0.25, 0.3) is 16.7 Å². The van der Waals surface area contributed by atoms with Gasteiger partial charge in [0.05, 0.1) is 6.42 Å². The van der Waals surface area contributed by atoms with Crippen molar-refractivity contribution >= 4 is 22.6 Å². The number of aryl methyl sites for hydroxylation is 2. The largest absolute Gasteiger partial charge is 0.350 e. The first-order valence-electron chi connectivity index (χ1n) is 8.27. The lowest BCUT2D eigenvalue weighted by Gasteiger charge is -2.07. The molecule has 26 heavy (non-hydrogen) atoms. The van der Waals surface area contributed by atoms with Crippen LogP contribution >= 0.6 is 0 Å². The summed E-state index contributed by atoms with van der Waals surface area (Å²) in [7, 11) is 1.98. The Morgan fingerprint density at radius 2 is 2.04 bits per heavy atom. The summed E-state index contributed by atoms with van der Waals surface area (Å²) in [4.78, 5) is 25.1. The number of imidazole rings is 1. The van der Waals surface area contributed by atoms with Crippen LogP contribution in [-0.4, -0.2) is 30.0 Å². The SMILES string of the molecule is Cc1nccn1-c1cc(NC(=O)Cc2cn(C)c3ccccc23)ncn1. The summed E-state index contributed by atoms with van der Waals surface area (Å²) in [6, 6.07) is 9.78. The zero-order valence-electron chi connectivity index (χ0n) is 14.5. The predicted molar refractivity (Wildman–Crippen MR) is 99.1 cm³/mol. The lowest BCUT2D eigenvalue weighted by molar-refractivity contribution is -0.115. The van der Waals surface area contributed by atoms with Gasteiger partial charge in [0.2, 0.25) is 5.91 Å². The van der Waals surface area contributed by atoms with Crippen LogP contribution < -0.4 is 5.32 Å². The van der Waals surface area contributed by atoms with Gasteiger partial charge in [-0.25, -0.2) is 15.0 Å². The molecule has 3 aromatic heterocycles. The molecule has 3 heterocycles. The maximum atomic E-state index is 12.5. The summed E-state index contributed by atoms with van der Waals surface area (Å²) in [5.74, 6) is 1.83. The molecule has 1 N–H and O–H groups in total. The Balaban J connectivity index is 1.54. The van der Waals surface area contributed by atoms with Crippen LogP contribution in [0, 0.1) is 6.92 Å². The van der Waals surface area contributed by atoms with Crippen molar-refractivity contribution in [1.82, 2.24) is 24.1 Å². The van der Waals surface area contributed by atoms with Crippen LogP contribution in [0.3, 0.4) is 0 Å². The fraction of sp³-hybridized carbons (Fsp3) is 0.158. The van der Waals surface area contributed by atoms with Crippen molar-refractivity contribution in [3.8, 4) is 5.82 Å². The van der Waals surface area contributed by atoms with Gasteiger partial charge in [-0.2, -0.15) is 0 Å². The molecule has 0 aliphatic carbocycles. The summed E-state index contributed by atoms with van der Waals surface area (Å²) in [6.45, 7) is 1.89. The zero-order chi connectivity index (χ0) is 18.1. The fourth-order valence-electron chi connectivity index (χ4n) is 3.09. The van der Waals surface area contributed by atoms with Crippen LogP contribution in [0.4, 0.5) is 5.82 Å². The molecule has 0 aliphatic heterocycles. The molecule has 1 amide bonds. The number of hydrogen-bond donors (Lipinski definition) is 1. The number of amides is 1. The van der Waals surface area contributed by atoms with Crippen LogP contribution in [0.1, 0.15) is 11.4 Å². The smallest absolute Gasteiger partial charge is 0.230 e. The fourth-order valence-corrected chi connectivity index (χ4v) is 3.09. The molecular formula is C19H18N6O. The first-order chi connectivity index (χ1) is 12.6. The second kappa shape index (κ2) is 6.44. The second-order valence-corrected chi connectivity index (χ2v) is 6.11. The number of anilines is 1. The summed E-state index contributed by atoms with van der Waals surface area (Å²) in [5.41, 5.74) is 2.09. The van der Waals surface area contributed by atoms with Gasteiger partial charge in [-0.15, -0.1) is 0 Å². The van der Waals surface area contributed by atoms with E-state index in [0.29, 0.717) is 11.6 Å². The Labute approximate surface area is 150 Å². The number of hydrogen-bond acceptors (Lipinski definition) is 4. The molecule has 0 atom stereocenters. The minimum Gasteiger partial charge on any atom is -0.350 e. The summed E-state index contributed by atoms with van der Waals surface area (Å²) in [5, 5.41) is 3.94. The van der Waals surface area contributed by atoms with Gasteiger partial charge in [0.25, 0.3) is 0 Å². The molecule has 0 unspecified atom stereocenters. The third-order valence-corrected chi connectivity index (χ3v) is 4.32. The Kier molecular flexibility index (Phi) is 3.96. The average Bonchev–Trinajstić information content (AvgIpc) is 3.19. The number of rotatable bonds is 4. The number of fused-ring (bicyclic) bond motifs is 1. The van der Waals surface area contributed by atoms with E-state index >= 15 is 0 Å². The zero-order valence-corrected chi connectivity index (χ0v) is 14.5. The van der Waals surface area contributed by atoms with Gasteiger partial charge in [0, 0.05) is 42.6 Å². The standard InChI is InChI=1S/C19H18N6O/c1-13-20-7-8-25(13)18-10-17(21-12-22-18)23-19(26)9-14-11-24(2)16-6-4-3-5-15(14)16/h3-8,10-12H,9H2,1-2H3,(H,21,22,23,26). The molecule has 4 aromatic rings. The quantitative estimate of drug-likeness (QED) is 0.616. The van der Waals surface area contributed by atoms with Crippen molar-refractivity contribution < 1.29 is 4.79 Å². The van der Waals surface area contributed by atoms with Gasteiger partial charge >= 0.3 is 0 Å². The summed E-state index contributed by atoms with van der Waals surface area (Å²) in [6.07, 6.45) is 7.23. The molecule has 0 bridgehead atoms. The molecule has 0 saturated heterocycles. The number of benzene rings is 1. The van der Waals surface area contributed by atoms with Crippen LogP contribution in [0.15, 0.2) is 55.2 Å². The minimum absolute atomic E-state index is 0.117. The van der Waals surface area contributed by atoms with E-state index in [9.17, 15) is 4.79 Å². The Morgan fingerprint density at radius 3 is 2.85 bits per heavy atom. The molecular weight excluding hydrogens is 328 g/mol. The van der Waals surface area contributed by atoms with Gasteiger partial charge in [0.15, 0.2) is 0 Å². The van der Waals surface area contributed by atoms with Gasteiger partial charge < -0.3 is 9.88 Å². The molecule has 0 fully saturated rings. The van der Waals surface area contributed by atoms with Crippen molar-refractivity contribution in [3.63, 3.8) is 0 Å². The summed E-state index contributed by atoms with van der Waals surface area (Å²) < 4.78 is 3.87. The summed E-state index contributed by atoms with van der Waals surface area (Å²) >= 11 is 0. The maximum Gasteiger partial charge on any atom is 0.230 e. The van der Waals surface area contributed by atoms with Crippen LogP contribution in [-0.2, 0) is 18.3 Å². The van der Waals surface area contributed by atoms with E-state index in [-0.39, 0.29) is 12.3 Å². The highest BCUT2D eigenvalue weighted by Gasteiger charge is 2.12. The third-order valence-electron chi connectivity index (χ3n) is 4.32. The number of para-hydroxylation sites is 1. The molecule has 7 heteroatoms. The Bertz CT molecular complexity index is 1090. The molecule has 130 valence electrons. The number of nitrogens with one attached hydrogen (secondary N) is 1. The number of carbonyl (C=O) groups excluding carboxylic acids is 1. The van der Waals surface area contributed by atoms with Crippen molar-refractivity contribution in [3.05, 3.63) is 66.6 Å². The van der Waals surface area contributed by atoms with E-state index in [1.165, 1.54) is 6.33 Å². The first kappa shape index (κ1) is 16.0. The lowest BCUT2D eigenvalue weighted by Crippen LogP contribution is -2.15. The van der Waals surface area contributed by atoms with E-state index in [1.54, 1.807) is 12.3 Å². The van der Waals surface area contributed by atoms with E-state index in [1.807, 2.05) is 59.8 Å². The molecule has 4 rings (SSSR count). The van der Waals surface area contributed by atoms with E-state index in [4.69, 9.17) is 0 Å². The van der Waals surface area contributed by atoms with E-state index in [2.05, 4.69) is 20.3 Å². The highest BCUT2D eigenvalue weighted by molar-refractivity contribution is 5.95. The number of nitrogens with zero attached hydrogens (tertiary/aromatic N) is 5. The second-order valence-electron chi connectivity index (χ2n) is 6.11. The van der Waals surface area contributed by atoms with E-state index < -0.39 is 0 Å². The van der Waals surface area contributed by atoms with E-state index in [0.717, 1.165) is 22.3 Å². The molecule has 0 saturated carbocycles. The Hall–Kier alpha value is -3.48. The van der Waals surface area contributed by atoms with Crippen molar-refractivity contribution in [2.24, 2.45) is 7.05 Å². The minimum atomic E-state index is -0.117. The third kappa shape index (κ3) is 2.95. The van der Waals surface area contributed by atoms with Crippen molar-refractivity contribution in [2.75, 3.05) is 5.32 Å². The molecule has 0 radical (unpaired) electrons.